The molecule has 2 aromatic rings. The first-order valence-corrected chi connectivity index (χ1v) is 7.70. The van der Waals surface area contributed by atoms with Crippen LogP contribution in [0, 0.1) is 12.7 Å². The second-order valence-electron chi connectivity index (χ2n) is 5.28. The Kier molecular flexibility index (Phi) is 5.37. The molecular formula is C15H18ClFN4S. The Morgan fingerprint density at radius 2 is 2.18 bits per heavy atom. The Bertz CT molecular complexity index is 664. The van der Waals surface area contributed by atoms with Crippen LogP contribution in [0.3, 0.4) is 0 Å². The van der Waals surface area contributed by atoms with Crippen LogP contribution in [-0.2, 0) is 6.54 Å². The Hall–Kier alpha value is -1.66. The first-order chi connectivity index (χ1) is 10.4. The molecule has 0 aliphatic heterocycles. The van der Waals surface area contributed by atoms with E-state index in [0.717, 1.165) is 5.69 Å². The summed E-state index contributed by atoms with van der Waals surface area (Å²) in [6.45, 7) is 6.16. The highest BCUT2D eigenvalue weighted by atomic mass is 35.5. The third-order valence-electron chi connectivity index (χ3n) is 3.01. The van der Waals surface area contributed by atoms with Gasteiger partial charge < -0.3 is 10.6 Å². The lowest BCUT2D eigenvalue weighted by atomic mass is 10.2. The fraction of sp³-hybridized carbons (Fsp3) is 0.333. The number of nitrogens with one attached hydrogen (secondary N) is 2. The van der Waals surface area contributed by atoms with Crippen LogP contribution in [0.1, 0.15) is 25.1 Å². The van der Waals surface area contributed by atoms with E-state index in [2.05, 4.69) is 15.7 Å². The van der Waals surface area contributed by atoms with Crippen molar-refractivity contribution in [2.24, 2.45) is 0 Å². The SMILES string of the molecule is Cc1cc(NC(=S)NC(C)C)nn1Cc1c(F)cccc1Cl. The summed E-state index contributed by atoms with van der Waals surface area (Å²) >= 11 is 11.2. The molecule has 0 radical (unpaired) electrons. The van der Waals surface area contributed by atoms with Gasteiger partial charge in [0.2, 0.25) is 0 Å². The van der Waals surface area contributed by atoms with Gasteiger partial charge in [-0.2, -0.15) is 5.10 Å². The first kappa shape index (κ1) is 16.7. The predicted octanol–water partition coefficient (Wildman–Crippen LogP) is 3.73. The highest BCUT2D eigenvalue weighted by Gasteiger charge is 2.11. The highest BCUT2D eigenvalue weighted by molar-refractivity contribution is 7.80. The highest BCUT2D eigenvalue weighted by Crippen LogP contribution is 2.21. The Labute approximate surface area is 139 Å². The number of anilines is 1. The minimum atomic E-state index is -0.339. The van der Waals surface area contributed by atoms with E-state index in [-0.39, 0.29) is 18.4 Å². The van der Waals surface area contributed by atoms with Crippen molar-refractivity contribution in [3.05, 3.63) is 46.4 Å². The van der Waals surface area contributed by atoms with E-state index in [9.17, 15) is 4.39 Å². The second-order valence-corrected chi connectivity index (χ2v) is 6.10. The largest absolute Gasteiger partial charge is 0.360 e. The van der Waals surface area contributed by atoms with Gasteiger partial charge in [-0.3, -0.25) is 4.68 Å². The van der Waals surface area contributed by atoms with E-state index in [4.69, 9.17) is 23.8 Å². The summed E-state index contributed by atoms with van der Waals surface area (Å²) in [5.41, 5.74) is 1.30. The van der Waals surface area contributed by atoms with E-state index >= 15 is 0 Å². The summed E-state index contributed by atoms with van der Waals surface area (Å²) < 4.78 is 15.5. The average Bonchev–Trinajstić information content (AvgIpc) is 2.73. The van der Waals surface area contributed by atoms with Gasteiger partial charge in [0.25, 0.3) is 0 Å². The molecule has 1 aromatic carbocycles. The van der Waals surface area contributed by atoms with Crippen LogP contribution < -0.4 is 10.6 Å². The lowest BCUT2D eigenvalue weighted by Gasteiger charge is -2.11. The summed E-state index contributed by atoms with van der Waals surface area (Å²) in [5, 5.41) is 11.4. The molecule has 118 valence electrons. The molecule has 0 spiro atoms. The van der Waals surface area contributed by atoms with Crippen molar-refractivity contribution < 1.29 is 4.39 Å². The number of aryl methyl sites for hydroxylation is 1. The number of hydrogen-bond donors (Lipinski definition) is 2. The molecule has 4 nitrogen and oxygen atoms in total. The zero-order valence-corrected chi connectivity index (χ0v) is 14.2. The van der Waals surface area contributed by atoms with Crippen molar-refractivity contribution >= 4 is 34.7 Å². The number of thiocarbonyl (C=S) groups is 1. The maximum absolute atomic E-state index is 13.9. The quantitative estimate of drug-likeness (QED) is 0.832. The van der Waals surface area contributed by atoms with Gasteiger partial charge in [0, 0.05) is 28.4 Å². The van der Waals surface area contributed by atoms with Crippen LogP contribution in [0.2, 0.25) is 5.02 Å². The lowest BCUT2D eigenvalue weighted by Crippen LogP contribution is -2.34. The third-order valence-corrected chi connectivity index (χ3v) is 3.59. The Morgan fingerprint density at radius 1 is 1.45 bits per heavy atom. The van der Waals surface area contributed by atoms with Crippen molar-refractivity contribution in [2.45, 2.75) is 33.4 Å². The molecule has 2 N–H and O–H groups in total. The van der Waals surface area contributed by atoms with Crippen LogP contribution in [0.25, 0.3) is 0 Å². The standard InChI is InChI=1S/C15H18ClFN4S/c1-9(2)18-15(22)19-14-7-10(3)21(20-14)8-11-12(16)5-4-6-13(11)17/h4-7,9H,8H2,1-3H3,(H2,18,19,20,22). The molecule has 0 bridgehead atoms. The minimum absolute atomic E-state index is 0.236. The van der Waals surface area contributed by atoms with Gasteiger partial charge in [0.05, 0.1) is 6.54 Å². The zero-order valence-electron chi connectivity index (χ0n) is 12.7. The number of nitrogens with zero attached hydrogens (tertiary/aromatic N) is 2. The summed E-state index contributed by atoms with van der Waals surface area (Å²) in [6.07, 6.45) is 0. The average molecular weight is 341 g/mol. The van der Waals surface area contributed by atoms with Gasteiger partial charge in [0.15, 0.2) is 10.9 Å². The molecule has 1 aromatic heterocycles. The summed E-state index contributed by atoms with van der Waals surface area (Å²) in [7, 11) is 0. The predicted molar refractivity (Wildman–Crippen MR) is 92.0 cm³/mol. The van der Waals surface area contributed by atoms with Crippen LogP contribution in [0.4, 0.5) is 10.2 Å². The molecule has 0 aliphatic carbocycles. The number of halogens is 2. The number of hydrogen-bond acceptors (Lipinski definition) is 2. The smallest absolute Gasteiger partial charge is 0.172 e. The molecule has 2 rings (SSSR count). The van der Waals surface area contributed by atoms with Crippen molar-refractivity contribution in [3.63, 3.8) is 0 Å². The summed E-state index contributed by atoms with van der Waals surface area (Å²) in [4.78, 5) is 0. The summed E-state index contributed by atoms with van der Waals surface area (Å²) in [5.74, 6) is 0.275. The van der Waals surface area contributed by atoms with Crippen molar-refractivity contribution in [1.82, 2.24) is 15.1 Å². The molecule has 0 amide bonds. The molecule has 0 aliphatic rings. The van der Waals surface area contributed by atoms with Gasteiger partial charge >= 0.3 is 0 Å². The molecule has 0 fully saturated rings. The molecular weight excluding hydrogens is 323 g/mol. The number of aromatic nitrogens is 2. The van der Waals surface area contributed by atoms with E-state index in [0.29, 0.717) is 21.5 Å². The molecule has 0 saturated heterocycles. The van der Waals surface area contributed by atoms with Gasteiger partial charge in [0.1, 0.15) is 5.82 Å². The minimum Gasteiger partial charge on any atom is -0.360 e. The van der Waals surface area contributed by atoms with E-state index in [1.54, 1.807) is 16.8 Å². The Morgan fingerprint density at radius 3 is 2.82 bits per heavy atom. The fourth-order valence-corrected chi connectivity index (χ4v) is 2.54. The van der Waals surface area contributed by atoms with Crippen LogP contribution >= 0.6 is 23.8 Å². The third kappa shape index (κ3) is 4.18. The monoisotopic (exact) mass is 340 g/mol. The molecule has 1 heterocycles. The van der Waals surface area contributed by atoms with Crippen LogP contribution in [-0.4, -0.2) is 20.9 Å². The van der Waals surface area contributed by atoms with Gasteiger partial charge in [-0.05, 0) is 45.1 Å². The first-order valence-electron chi connectivity index (χ1n) is 6.91. The van der Waals surface area contributed by atoms with Gasteiger partial charge in [-0.15, -0.1) is 0 Å². The van der Waals surface area contributed by atoms with Crippen molar-refractivity contribution in [1.29, 1.82) is 0 Å². The van der Waals surface area contributed by atoms with Gasteiger partial charge in [-0.25, -0.2) is 4.39 Å². The number of rotatable bonds is 4. The maximum Gasteiger partial charge on any atom is 0.172 e. The summed E-state index contributed by atoms with van der Waals surface area (Å²) in [6, 6.07) is 6.73. The fourth-order valence-electron chi connectivity index (χ4n) is 1.98. The maximum atomic E-state index is 13.9. The van der Waals surface area contributed by atoms with E-state index in [1.165, 1.54) is 6.07 Å². The van der Waals surface area contributed by atoms with E-state index in [1.807, 2.05) is 26.8 Å². The van der Waals surface area contributed by atoms with Crippen molar-refractivity contribution in [2.75, 3.05) is 5.32 Å². The second kappa shape index (κ2) is 7.07. The number of benzene rings is 1. The molecule has 0 unspecified atom stereocenters. The van der Waals surface area contributed by atoms with Crippen molar-refractivity contribution in [3.8, 4) is 0 Å². The molecule has 7 heteroatoms. The molecule has 0 atom stereocenters. The molecule has 0 saturated carbocycles. The topological polar surface area (TPSA) is 41.9 Å². The van der Waals surface area contributed by atoms with Gasteiger partial charge in [-0.1, -0.05) is 17.7 Å². The zero-order chi connectivity index (χ0) is 16.3. The normalized spacial score (nSPS) is 10.8. The van der Waals surface area contributed by atoms with Crippen LogP contribution in [0.5, 0.6) is 0 Å². The van der Waals surface area contributed by atoms with E-state index < -0.39 is 0 Å². The van der Waals surface area contributed by atoms with Crippen LogP contribution in [0.15, 0.2) is 24.3 Å². The Balaban J connectivity index is 2.15. The lowest BCUT2D eigenvalue weighted by molar-refractivity contribution is 0.581. The molecule has 22 heavy (non-hydrogen) atoms.